The second-order valence-corrected chi connectivity index (χ2v) is 7.97. The van der Waals surface area contributed by atoms with Crippen LogP contribution in [0.4, 0.5) is 0 Å². The summed E-state index contributed by atoms with van der Waals surface area (Å²) in [6.45, 7) is 5.35. The van der Waals surface area contributed by atoms with Crippen LogP contribution in [0, 0.1) is 0 Å². The second-order valence-electron chi connectivity index (χ2n) is 7.97. The molecule has 0 aliphatic heterocycles. The molecule has 0 saturated heterocycles. The number of hydrogen-bond acceptors (Lipinski definition) is 7. The standard InChI is InChI=1S/C26H38O7/c1-21(26(29)33-25(19-31-22(2)27)20-32-23(3)28)14-10-7-5-4-6-8-13-17-30-18-24-15-11-9-12-16-24/h9,11-12,14-16,25H,4-8,10,13,17-20H2,1-3H3/b21-14+. The smallest absolute Gasteiger partial charge is 0.333 e. The van der Waals surface area contributed by atoms with Gasteiger partial charge in [0, 0.05) is 26.0 Å². The van der Waals surface area contributed by atoms with Gasteiger partial charge in [0.1, 0.15) is 13.2 Å². The van der Waals surface area contributed by atoms with Gasteiger partial charge in [-0.2, -0.15) is 0 Å². The third-order valence-corrected chi connectivity index (χ3v) is 4.85. The molecule has 1 rings (SSSR count). The molecule has 33 heavy (non-hydrogen) atoms. The maximum atomic E-state index is 12.2. The maximum absolute atomic E-state index is 12.2. The minimum absolute atomic E-state index is 0.154. The lowest BCUT2D eigenvalue weighted by atomic mass is 10.1. The second kappa shape index (κ2) is 17.8. The third kappa shape index (κ3) is 15.7. The average molecular weight is 463 g/mol. The van der Waals surface area contributed by atoms with Crippen molar-refractivity contribution >= 4 is 17.9 Å². The van der Waals surface area contributed by atoms with Crippen LogP contribution in [0.15, 0.2) is 42.0 Å². The third-order valence-electron chi connectivity index (χ3n) is 4.85. The van der Waals surface area contributed by atoms with Gasteiger partial charge in [-0.15, -0.1) is 0 Å². The van der Waals surface area contributed by atoms with E-state index in [1.807, 2.05) is 24.3 Å². The number of ether oxygens (including phenoxy) is 4. The quantitative estimate of drug-likeness (QED) is 0.141. The molecule has 0 atom stereocenters. The summed E-state index contributed by atoms with van der Waals surface area (Å²) in [5, 5.41) is 0. The zero-order chi connectivity index (χ0) is 24.3. The van der Waals surface area contributed by atoms with E-state index < -0.39 is 24.0 Å². The molecule has 7 nitrogen and oxygen atoms in total. The molecular formula is C26H38O7. The topological polar surface area (TPSA) is 88.1 Å². The average Bonchev–Trinajstić information content (AvgIpc) is 2.79. The van der Waals surface area contributed by atoms with E-state index in [2.05, 4.69) is 12.1 Å². The Balaban J connectivity index is 2.12. The molecule has 0 radical (unpaired) electrons. The molecule has 1 aromatic carbocycles. The Morgan fingerprint density at radius 1 is 0.818 bits per heavy atom. The van der Waals surface area contributed by atoms with Gasteiger partial charge in [0.2, 0.25) is 0 Å². The van der Waals surface area contributed by atoms with Crippen LogP contribution in [0.2, 0.25) is 0 Å². The summed E-state index contributed by atoms with van der Waals surface area (Å²) in [6.07, 6.45) is 8.47. The fraction of sp³-hybridized carbons (Fsp3) is 0.577. The highest BCUT2D eigenvalue weighted by molar-refractivity contribution is 5.87. The molecule has 0 heterocycles. The predicted octanol–water partition coefficient (Wildman–Crippen LogP) is 4.92. The first-order valence-corrected chi connectivity index (χ1v) is 11.6. The number of allylic oxidation sites excluding steroid dienone is 1. The Bertz CT molecular complexity index is 709. The van der Waals surface area contributed by atoms with E-state index in [9.17, 15) is 14.4 Å². The molecule has 0 aliphatic rings. The molecule has 0 aromatic heterocycles. The van der Waals surface area contributed by atoms with E-state index >= 15 is 0 Å². The van der Waals surface area contributed by atoms with Gasteiger partial charge in [-0.1, -0.05) is 62.1 Å². The van der Waals surface area contributed by atoms with Gasteiger partial charge in [0.05, 0.1) is 6.61 Å². The van der Waals surface area contributed by atoms with Crippen molar-refractivity contribution in [2.24, 2.45) is 0 Å². The van der Waals surface area contributed by atoms with E-state index in [1.54, 1.807) is 6.92 Å². The molecule has 0 aliphatic carbocycles. The minimum Gasteiger partial charge on any atom is -0.462 e. The molecule has 1 aromatic rings. The summed E-state index contributed by atoms with van der Waals surface area (Å²) in [5.74, 6) is -1.49. The first-order valence-electron chi connectivity index (χ1n) is 11.6. The van der Waals surface area contributed by atoms with Crippen LogP contribution in [0.1, 0.15) is 71.3 Å². The van der Waals surface area contributed by atoms with Crippen molar-refractivity contribution in [3.63, 3.8) is 0 Å². The number of carbonyl (C=O) groups is 3. The first kappa shape index (κ1) is 28.4. The first-order chi connectivity index (χ1) is 15.9. The number of esters is 3. The van der Waals surface area contributed by atoms with Crippen LogP contribution in [0.3, 0.4) is 0 Å². The normalized spacial score (nSPS) is 11.3. The zero-order valence-corrected chi connectivity index (χ0v) is 20.2. The van der Waals surface area contributed by atoms with Crippen LogP contribution >= 0.6 is 0 Å². The van der Waals surface area contributed by atoms with Gasteiger partial charge in [-0.05, 0) is 31.7 Å². The Hall–Kier alpha value is -2.67. The fourth-order valence-corrected chi connectivity index (χ4v) is 3.00. The van der Waals surface area contributed by atoms with E-state index in [0.717, 1.165) is 45.1 Å². The van der Waals surface area contributed by atoms with Crippen LogP contribution in [-0.2, 0) is 39.9 Å². The Kier molecular flexibility index (Phi) is 15.3. The van der Waals surface area contributed by atoms with Gasteiger partial charge in [0.15, 0.2) is 6.10 Å². The van der Waals surface area contributed by atoms with E-state index in [-0.39, 0.29) is 13.2 Å². The van der Waals surface area contributed by atoms with Gasteiger partial charge in [-0.3, -0.25) is 9.59 Å². The van der Waals surface area contributed by atoms with E-state index in [1.165, 1.54) is 25.8 Å². The van der Waals surface area contributed by atoms with E-state index in [0.29, 0.717) is 12.2 Å². The van der Waals surface area contributed by atoms with Gasteiger partial charge >= 0.3 is 17.9 Å². The summed E-state index contributed by atoms with van der Waals surface area (Å²) in [7, 11) is 0. The highest BCUT2D eigenvalue weighted by Crippen LogP contribution is 2.11. The molecule has 0 N–H and O–H groups in total. The monoisotopic (exact) mass is 462 g/mol. The highest BCUT2D eigenvalue weighted by atomic mass is 16.6. The summed E-state index contributed by atoms with van der Waals surface area (Å²) in [4.78, 5) is 34.2. The van der Waals surface area contributed by atoms with Gasteiger partial charge in [0.25, 0.3) is 0 Å². The van der Waals surface area contributed by atoms with Crippen molar-refractivity contribution in [1.82, 2.24) is 0 Å². The zero-order valence-electron chi connectivity index (χ0n) is 20.2. The van der Waals surface area contributed by atoms with Crippen molar-refractivity contribution in [2.75, 3.05) is 19.8 Å². The summed E-state index contributed by atoms with van der Waals surface area (Å²) in [5.41, 5.74) is 1.69. The number of benzene rings is 1. The summed E-state index contributed by atoms with van der Waals surface area (Å²) < 4.78 is 20.7. The van der Waals surface area contributed by atoms with Crippen molar-refractivity contribution < 1.29 is 33.3 Å². The molecule has 7 heteroatoms. The summed E-state index contributed by atoms with van der Waals surface area (Å²) >= 11 is 0. The number of rotatable bonds is 17. The fourth-order valence-electron chi connectivity index (χ4n) is 3.00. The number of hydrogen-bond donors (Lipinski definition) is 0. The lowest BCUT2D eigenvalue weighted by molar-refractivity contribution is -0.162. The highest BCUT2D eigenvalue weighted by Gasteiger charge is 2.18. The van der Waals surface area contributed by atoms with Crippen LogP contribution < -0.4 is 0 Å². The van der Waals surface area contributed by atoms with Crippen molar-refractivity contribution in [3.05, 3.63) is 47.5 Å². The van der Waals surface area contributed by atoms with Crippen molar-refractivity contribution in [2.45, 2.75) is 78.4 Å². The molecule has 0 bridgehead atoms. The van der Waals surface area contributed by atoms with Gasteiger partial charge in [-0.25, -0.2) is 4.79 Å². The molecule has 184 valence electrons. The molecule has 0 unspecified atom stereocenters. The number of carbonyl (C=O) groups excluding carboxylic acids is 3. The molecule has 0 fully saturated rings. The molecule has 0 saturated carbocycles. The van der Waals surface area contributed by atoms with Gasteiger partial charge < -0.3 is 18.9 Å². The minimum atomic E-state index is -0.828. The van der Waals surface area contributed by atoms with Crippen LogP contribution in [-0.4, -0.2) is 43.8 Å². The van der Waals surface area contributed by atoms with Crippen molar-refractivity contribution in [3.8, 4) is 0 Å². The van der Waals surface area contributed by atoms with Crippen molar-refractivity contribution in [1.29, 1.82) is 0 Å². The Labute approximate surface area is 197 Å². The summed E-state index contributed by atoms with van der Waals surface area (Å²) in [6, 6.07) is 10.2. The lowest BCUT2D eigenvalue weighted by Gasteiger charge is -2.17. The van der Waals surface area contributed by atoms with E-state index in [4.69, 9.17) is 18.9 Å². The Morgan fingerprint density at radius 2 is 1.39 bits per heavy atom. The molecular weight excluding hydrogens is 424 g/mol. The van der Waals surface area contributed by atoms with Crippen LogP contribution in [0.5, 0.6) is 0 Å². The SMILES string of the molecule is CC(=O)OCC(COC(C)=O)OC(=O)/C(C)=C/CCCCCCCCOCc1ccccc1. The largest absolute Gasteiger partial charge is 0.462 e. The van der Waals surface area contributed by atoms with Crippen LogP contribution in [0.25, 0.3) is 0 Å². The predicted molar refractivity (Wildman–Crippen MR) is 125 cm³/mol. The number of unbranched alkanes of at least 4 members (excludes halogenated alkanes) is 6. The maximum Gasteiger partial charge on any atom is 0.333 e. The Morgan fingerprint density at radius 3 is 2.00 bits per heavy atom. The molecule has 0 spiro atoms. The lowest BCUT2D eigenvalue weighted by Crippen LogP contribution is -2.30. The molecule has 0 amide bonds.